The summed E-state index contributed by atoms with van der Waals surface area (Å²) in [6.07, 6.45) is 4.66. The Kier molecular flexibility index (Phi) is 1.78. The van der Waals surface area contributed by atoms with Crippen molar-refractivity contribution in [2.45, 2.75) is 18.9 Å². The molecule has 1 atom stereocenters. The molecule has 0 saturated carbocycles. The fraction of sp³-hybridized carbons (Fsp3) is 0.500. The third kappa shape index (κ3) is 1.34. The monoisotopic (exact) mass is 163 g/mol. The standard InChI is InChI=1S/C10H14N2/c1-12-7-3-5-10(12)9-4-2-6-11-8-9/h2,4,6,8,10H,3,5,7H2,1H3/i6D. The van der Waals surface area contributed by atoms with Gasteiger partial charge in [0.25, 0.3) is 0 Å². The minimum Gasteiger partial charge on any atom is -0.299 e. The minimum atomic E-state index is 0.351. The van der Waals surface area contributed by atoms with Crippen LogP contribution in [0, 0.1) is 0 Å². The van der Waals surface area contributed by atoms with Crippen molar-refractivity contribution in [3.05, 3.63) is 30.1 Å². The van der Waals surface area contributed by atoms with Crippen LogP contribution >= 0.6 is 0 Å². The lowest BCUT2D eigenvalue weighted by molar-refractivity contribution is 0.317. The van der Waals surface area contributed by atoms with E-state index in [4.69, 9.17) is 1.37 Å². The summed E-state index contributed by atoms with van der Waals surface area (Å²) >= 11 is 0. The Morgan fingerprint density at radius 2 is 2.67 bits per heavy atom. The predicted molar refractivity (Wildman–Crippen MR) is 48.8 cm³/mol. The summed E-state index contributed by atoms with van der Waals surface area (Å²) in [6.45, 7) is 1.17. The molecule has 2 heterocycles. The van der Waals surface area contributed by atoms with E-state index in [1.54, 1.807) is 6.07 Å². The summed E-state index contributed by atoms with van der Waals surface area (Å²) in [5.74, 6) is 0. The van der Waals surface area contributed by atoms with Crippen molar-refractivity contribution < 1.29 is 1.37 Å². The van der Waals surface area contributed by atoms with Crippen LogP contribution in [0.2, 0.25) is 0 Å². The Labute approximate surface area is 74.6 Å². The van der Waals surface area contributed by atoms with E-state index in [2.05, 4.69) is 16.9 Å². The van der Waals surface area contributed by atoms with Crippen LogP contribution in [-0.2, 0) is 0 Å². The number of nitrogens with zero attached hydrogens (tertiary/aromatic N) is 2. The van der Waals surface area contributed by atoms with Gasteiger partial charge in [-0.05, 0) is 38.1 Å². The van der Waals surface area contributed by atoms with Gasteiger partial charge in [-0.25, -0.2) is 0 Å². The summed E-state index contributed by atoms with van der Waals surface area (Å²) < 4.78 is 7.29. The van der Waals surface area contributed by atoms with E-state index in [-0.39, 0.29) is 0 Å². The quantitative estimate of drug-likeness (QED) is 0.628. The smallest absolute Gasteiger partial charge is 0.0840 e. The Balaban J connectivity index is 2.20. The molecule has 1 aliphatic rings. The number of likely N-dealkylation sites (tertiary alicyclic amines) is 1. The van der Waals surface area contributed by atoms with E-state index in [1.807, 2.05) is 12.3 Å². The van der Waals surface area contributed by atoms with Gasteiger partial charge in [0.2, 0.25) is 0 Å². The molecule has 1 aromatic rings. The average Bonchev–Trinajstić information content (AvgIpc) is 2.53. The Morgan fingerprint density at radius 3 is 3.25 bits per heavy atom. The fourth-order valence-corrected chi connectivity index (χ4v) is 1.86. The Hall–Kier alpha value is -0.890. The van der Waals surface area contributed by atoms with Crippen LogP contribution in [0.15, 0.2) is 24.5 Å². The predicted octanol–water partition coefficient (Wildman–Crippen LogP) is 1.85. The van der Waals surface area contributed by atoms with E-state index >= 15 is 0 Å². The molecule has 0 aliphatic carbocycles. The molecular formula is C10H14N2. The second-order valence-corrected chi connectivity index (χ2v) is 3.36. The minimum absolute atomic E-state index is 0.351. The number of pyridine rings is 1. The van der Waals surface area contributed by atoms with Crippen LogP contribution in [0.25, 0.3) is 0 Å². The van der Waals surface area contributed by atoms with Gasteiger partial charge in [-0.2, -0.15) is 0 Å². The third-order valence-corrected chi connectivity index (χ3v) is 2.54. The van der Waals surface area contributed by atoms with E-state index in [9.17, 15) is 0 Å². The zero-order chi connectivity index (χ0) is 9.26. The van der Waals surface area contributed by atoms with Gasteiger partial charge in [-0.15, -0.1) is 0 Å². The number of hydrogen-bond acceptors (Lipinski definition) is 2. The van der Waals surface area contributed by atoms with Gasteiger partial charge < -0.3 is 0 Å². The topological polar surface area (TPSA) is 16.1 Å². The highest BCUT2D eigenvalue weighted by Crippen LogP contribution is 2.29. The molecule has 1 aliphatic heterocycles. The zero-order valence-electron chi connectivity index (χ0n) is 8.33. The van der Waals surface area contributed by atoms with Crippen molar-refractivity contribution in [2.24, 2.45) is 0 Å². The van der Waals surface area contributed by atoms with E-state index in [1.165, 1.54) is 24.9 Å². The van der Waals surface area contributed by atoms with Gasteiger partial charge in [-0.1, -0.05) is 6.07 Å². The van der Waals surface area contributed by atoms with Crippen molar-refractivity contribution in [1.82, 2.24) is 9.88 Å². The number of hydrogen-bond donors (Lipinski definition) is 0. The van der Waals surface area contributed by atoms with E-state index in [0.29, 0.717) is 12.2 Å². The molecule has 1 saturated heterocycles. The van der Waals surface area contributed by atoms with Gasteiger partial charge in [-0.3, -0.25) is 9.88 Å². The van der Waals surface area contributed by atoms with Gasteiger partial charge in [0, 0.05) is 18.4 Å². The molecule has 0 spiro atoms. The van der Waals surface area contributed by atoms with Crippen LogP contribution in [0.4, 0.5) is 0 Å². The molecule has 1 unspecified atom stereocenters. The van der Waals surface area contributed by atoms with Gasteiger partial charge in [0.05, 0.1) is 1.37 Å². The first kappa shape index (κ1) is 6.61. The number of aromatic nitrogens is 1. The van der Waals surface area contributed by atoms with Crippen molar-refractivity contribution in [2.75, 3.05) is 13.6 Å². The SMILES string of the molecule is [2H]c1ccc(C2CCCN2C)cn1. The summed E-state index contributed by atoms with van der Waals surface area (Å²) in [7, 11) is 2.15. The Morgan fingerprint density at radius 1 is 1.75 bits per heavy atom. The average molecular weight is 163 g/mol. The summed E-state index contributed by atoms with van der Waals surface area (Å²) in [5, 5.41) is 0. The van der Waals surface area contributed by atoms with Crippen LogP contribution < -0.4 is 0 Å². The van der Waals surface area contributed by atoms with E-state index < -0.39 is 0 Å². The maximum Gasteiger partial charge on any atom is 0.0840 e. The summed E-state index contributed by atoms with van der Waals surface area (Å²) in [5.41, 5.74) is 1.25. The molecule has 1 aromatic heterocycles. The lowest BCUT2D eigenvalue weighted by Crippen LogP contribution is -2.17. The molecule has 2 nitrogen and oxygen atoms in total. The molecule has 1 fully saturated rings. The molecule has 2 heteroatoms. The first-order valence-corrected chi connectivity index (χ1v) is 4.40. The first-order chi connectivity index (χ1) is 6.27. The highest BCUT2D eigenvalue weighted by atomic mass is 15.1. The van der Waals surface area contributed by atoms with Crippen LogP contribution in [0.1, 0.15) is 25.8 Å². The third-order valence-electron chi connectivity index (χ3n) is 2.54. The lowest BCUT2D eigenvalue weighted by atomic mass is 10.1. The molecule has 0 radical (unpaired) electrons. The second kappa shape index (κ2) is 3.23. The summed E-state index contributed by atoms with van der Waals surface area (Å²) in [4.78, 5) is 6.35. The molecule has 0 amide bonds. The van der Waals surface area contributed by atoms with Crippen LogP contribution in [-0.4, -0.2) is 23.5 Å². The van der Waals surface area contributed by atoms with Gasteiger partial charge in [0.15, 0.2) is 0 Å². The summed E-state index contributed by atoms with van der Waals surface area (Å²) in [6, 6.07) is 4.30. The highest BCUT2D eigenvalue weighted by molar-refractivity contribution is 5.14. The van der Waals surface area contributed by atoms with Crippen molar-refractivity contribution in [3.63, 3.8) is 0 Å². The molecule has 0 bridgehead atoms. The molecule has 2 rings (SSSR count). The van der Waals surface area contributed by atoms with Gasteiger partial charge in [0.1, 0.15) is 0 Å². The highest BCUT2D eigenvalue weighted by Gasteiger charge is 2.21. The van der Waals surface area contributed by atoms with Crippen LogP contribution in [0.3, 0.4) is 0 Å². The van der Waals surface area contributed by atoms with Crippen molar-refractivity contribution in [1.29, 1.82) is 0 Å². The van der Waals surface area contributed by atoms with Crippen molar-refractivity contribution >= 4 is 0 Å². The second-order valence-electron chi connectivity index (χ2n) is 3.36. The molecule has 12 heavy (non-hydrogen) atoms. The van der Waals surface area contributed by atoms with Crippen LogP contribution in [0.5, 0.6) is 0 Å². The van der Waals surface area contributed by atoms with Crippen molar-refractivity contribution in [3.8, 4) is 0 Å². The molecule has 0 aromatic carbocycles. The largest absolute Gasteiger partial charge is 0.299 e. The zero-order valence-corrected chi connectivity index (χ0v) is 7.33. The lowest BCUT2D eigenvalue weighted by Gasteiger charge is -2.18. The maximum atomic E-state index is 7.29. The first-order valence-electron chi connectivity index (χ1n) is 4.90. The molecule has 64 valence electrons. The fourth-order valence-electron chi connectivity index (χ4n) is 1.86. The Bertz CT molecular complexity index is 283. The maximum absolute atomic E-state index is 7.29. The molecule has 0 N–H and O–H groups in total. The number of rotatable bonds is 1. The molecular weight excluding hydrogens is 148 g/mol. The van der Waals surface area contributed by atoms with E-state index in [0.717, 1.165) is 0 Å². The van der Waals surface area contributed by atoms with Gasteiger partial charge >= 0.3 is 0 Å². The normalized spacial score (nSPS) is 25.8.